The molecule has 21 heavy (non-hydrogen) atoms. The van der Waals surface area contributed by atoms with Gasteiger partial charge in [-0.05, 0) is 31.5 Å². The molecule has 2 N–H and O–H groups in total. The van der Waals surface area contributed by atoms with Crippen LogP contribution < -0.4 is 5.32 Å². The third-order valence-electron chi connectivity index (χ3n) is 3.02. The van der Waals surface area contributed by atoms with Gasteiger partial charge in [-0.25, -0.2) is 4.79 Å². The number of carbonyl (C=O) groups excluding carboxylic acids is 1. The van der Waals surface area contributed by atoms with Crippen LogP contribution in [0.25, 0.3) is 0 Å². The molecule has 1 amide bonds. The summed E-state index contributed by atoms with van der Waals surface area (Å²) in [6.07, 6.45) is 0.757. The molecule has 0 aromatic carbocycles. The number of nitrogens with one attached hydrogen (secondary N) is 1. The number of aryl methyl sites for hydroxylation is 2. The van der Waals surface area contributed by atoms with Gasteiger partial charge < -0.3 is 14.8 Å². The molecule has 2 rings (SSSR count). The van der Waals surface area contributed by atoms with Crippen molar-refractivity contribution >= 4 is 11.9 Å². The Hall–Kier alpha value is -2.57. The van der Waals surface area contributed by atoms with Crippen LogP contribution in [0.3, 0.4) is 0 Å². The van der Waals surface area contributed by atoms with Crippen LogP contribution >= 0.6 is 0 Å². The van der Waals surface area contributed by atoms with Crippen molar-refractivity contribution < 1.29 is 19.1 Å². The maximum absolute atomic E-state index is 12.1. The lowest BCUT2D eigenvalue weighted by Crippen LogP contribution is -2.25. The molecule has 7 nitrogen and oxygen atoms in total. The average Bonchev–Trinajstić information content (AvgIpc) is 3.11. The SMILES string of the molecule is CCc1cc(C(=O)NCc2ccc(C(=O)O)o2)n(CC)n1. The van der Waals surface area contributed by atoms with E-state index in [0.29, 0.717) is 18.0 Å². The van der Waals surface area contributed by atoms with Crippen molar-refractivity contribution in [1.29, 1.82) is 0 Å². The summed E-state index contributed by atoms with van der Waals surface area (Å²) >= 11 is 0. The van der Waals surface area contributed by atoms with E-state index in [0.717, 1.165) is 12.1 Å². The molecule has 0 aliphatic heterocycles. The van der Waals surface area contributed by atoms with Gasteiger partial charge >= 0.3 is 5.97 Å². The van der Waals surface area contributed by atoms with E-state index in [-0.39, 0.29) is 18.2 Å². The Bertz CT molecular complexity index is 657. The van der Waals surface area contributed by atoms with Crippen molar-refractivity contribution in [3.8, 4) is 0 Å². The summed E-state index contributed by atoms with van der Waals surface area (Å²) in [7, 11) is 0. The largest absolute Gasteiger partial charge is 0.475 e. The summed E-state index contributed by atoms with van der Waals surface area (Å²) in [5.41, 5.74) is 1.34. The minimum Gasteiger partial charge on any atom is -0.475 e. The molecule has 0 aliphatic carbocycles. The number of amides is 1. The van der Waals surface area contributed by atoms with Gasteiger partial charge in [-0.3, -0.25) is 9.48 Å². The Labute approximate surface area is 121 Å². The second kappa shape index (κ2) is 6.25. The zero-order chi connectivity index (χ0) is 15.4. The summed E-state index contributed by atoms with van der Waals surface area (Å²) in [5.74, 6) is -1.16. The monoisotopic (exact) mass is 291 g/mol. The number of aromatic nitrogens is 2. The molecule has 2 heterocycles. The van der Waals surface area contributed by atoms with Gasteiger partial charge in [0.25, 0.3) is 5.91 Å². The van der Waals surface area contributed by atoms with Gasteiger partial charge in [0.2, 0.25) is 5.76 Å². The topological polar surface area (TPSA) is 97.4 Å². The highest BCUT2D eigenvalue weighted by Crippen LogP contribution is 2.09. The van der Waals surface area contributed by atoms with Crippen LogP contribution in [0.1, 0.15) is 46.3 Å². The Balaban J connectivity index is 2.04. The number of carboxylic acid groups (broad SMARTS) is 1. The third-order valence-corrected chi connectivity index (χ3v) is 3.02. The van der Waals surface area contributed by atoms with Crippen LogP contribution in [-0.2, 0) is 19.5 Å². The first-order chi connectivity index (χ1) is 10.0. The third kappa shape index (κ3) is 3.31. The van der Waals surface area contributed by atoms with E-state index in [1.54, 1.807) is 10.7 Å². The predicted octanol–water partition coefficient (Wildman–Crippen LogP) is 1.69. The number of hydrogen-bond donors (Lipinski definition) is 2. The Morgan fingerprint density at radius 3 is 2.71 bits per heavy atom. The maximum atomic E-state index is 12.1. The minimum atomic E-state index is -1.13. The number of rotatable bonds is 6. The maximum Gasteiger partial charge on any atom is 0.371 e. The molecule has 112 valence electrons. The molecule has 0 bridgehead atoms. The second-order valence-electron chi connectivity index (χ2n) is 4.44. The van der Waals surface area contributed by atoms with Crippen LogP contribution in [0.5, 0.6) is 0 Å². The predicted molar refractivity (Wildman–Crippen MR) is 74.1 cm³/mol. The quantitative estimate of drug-likeness (QED) is 0.844. The number of aromatic carboxylic acids is 1. The first-order valence-corrected chi connectivity index (χ1v) is 6.72. The van der Waals surface area contributed by atoms with E-state index in [2.05, 4.69) is 10.4 Å². The van der Waals surface area contributed by atoms with Gasteiger partial charge in [0.05, 0.1) is 12.2 Å². The molecule has 0 saturated heterocycles. The standard InChI is InChI=1S/C14H17N3O4/c1-3-9-7-11(17(4-2)16-9)13(18)15-8-10-5-6-12(21-10)14(19)20/h5-7H,3-4,8H2,1-2H3,(H,15,18)(H,19,20). The molecular weight excluding hydrogens is 274 g/mol. The summed E-state index contributed by atoms with van der Waals surface area (Å²) in [5, 5.41) is 15.8. The van der Waals surface area contributed by atoms with Crippen molar-refractivity contribution in [2.45, 2.75) is 33.4 Å². The fraction of sp³-hybridized carbons (Fsp3) is 0.357. The highest BCUT2D eigenvalue weighted by Gasteiger charge is 2.15. The van der Waals surface area contributed by atoms with E-state index >= 15 is 0 Å². The van der Waals surface area contributed by atoms with E-state index in [1.807, 2.05) is 13.8 Å². The van der Waals surface area contributed by atoms with E-state index in [9.17, 15) is 9.59 Å². The Morgan fingerprint density at radius 1 is 1.38 bits per heavy atom. The Morgan fingerprint density at radius 2 is 2.14 bits per heavy atom. The fourth-order valence-corrected chi connectivity index (χ4v) is 1.91. The zero-order valence-electron chi connectivity index (χ0n) is 11.9. The van der Waals surface area contributed by atoms with Gasteiger partial charge in [0.1, 0.15) is 11.5 Å². The van der Waals surface area contributed by atoms with Gasteiger partial charge in [-0.15, -0.1) is 0 Å². The number of carbonyl (C=O) groups is 2. The molecular formula is C14H17N3O4. The van der Waals surface area contributed by atoms with Gasteiger partial charge in [0, 0.05) is 6.54 Å². The van der Waals surface area contributed by atoms with Crippen LogP contribution in [0.2, 0.25) is 0 Å². The highest BCUT2D eigenvalue weighted by atomic mass is 16.4. The highest BCUT2D eigenvalue weighted by molar-refractivity contribution is 5.92. The first kappa shape index (κ1) is 14.8. The number of nitrogens with zero attached hydrogens (tertiary/aromatic N) is 2. The molecule has 2 aromatic rings. The van der Waals surface area contributed by atoms with Gasteiger partial charge in [-0.2, -0.15) is 5.10 Å². The number of carboxylic acids is 1. The van der Waals surface area contributed by atoms with Crippen molar-refractivity contribution in [3.63, 3.8) is 0 Å². The lowest BCUT2D eigenvalue weighted by atomic mass is 10.3. The molecule has 2 aromatic heterocycles. The number of furan rings is 1. The summed E-state index contributed by atoms with van der Waals surface area (Å²) in [6.45, 7) is 4.62. The molecule has 0 atom stereocenters. The van der Waals surface area contributed by atoms with Crippen molar-refractivity contribution in [3.05, 3.63) is 41.1 Å². The van der Waals surface area contributed by atoms with Gasteiger partial charge in [-0.1, -0.05) is 6.92 Å². The van der Waals surface area contributed by atoms with Crippen molar-refractivity contribution in [2.75, 3.05) is 0 Å². The molecule has 7 heteroatoms. The van der Waals surface area contributed by atoms with Crippen molar-refractivity contribution in [2.24, 2.45) is 0 Å². The van der Waals surface area contributed by atoms with Crippen LogP contribution in [0.15, 0.2) is 22.6 Å². The average molecular weight is 291 g/mol. The fourth-order valence-electron chi connectivity index (χ4n) is 1.91. The number of hydrogen-bond acceptors (Lipinski definition) is 4. The van der Waals surface area contributed by atoms with E-state index in [4.69, 9.17) is 9.52 Å². The van der Waals surface area contributed by atoms with Gasteiger partial charge in [0.15, 0.2) is 0 Å². The summed E-state index contributed by atoms with van der Waals surface area (Å²) < 4.78 is 6.72. The van der Waals surface area contributed by atoms with Crippen LogP contribution in [0.4, 0.5) is 0 Å². The minimum absolute atomic E-state index is 0.127. The van der Waals surface area contributed by atoms with Crippen LogP contribution in [0, 0.1) is 0 Å². The molecule has 0 aliphatic rings. The Kier molecular flexibility index (Phi) is 4.42. The first-order valence-electron chi connectivity index (χ1n) is 6.72. The smallest absolute Gasteiger partial charge is 0.371 e. The molecule has 0 unspecified atom stereocenters. The molecule has 0 radical (unpaired) electrons. The lowest BCUT2D eigenvalue weighted by Gasteiger charge is -2.05. The summed E-state index contributed by atoms with van der Waals surface area (Å²) in [6, 6.07) is 4.64. The zero-order valence-corrected chi connectivity index (χ0v) is 11.9. The van der Waals surface area contributed by atoms with Crippen molar-refractivity contribution in [1.82, 2.24) is 15.1 Å². The van der Waals surface area contributed by atoms with Crippen LogP contribution in [-0.4, -0.2) is 26.8 Å². The van der Waals surface area contributed by atoms with E-state index in [1.165, 1.54) is 12.1 Å². The molecule has 0 spiro atoms. The normalized spacial score (nSPS) is 10.6. The molecule has 0 fully saturated rings. The van der Waals surface area contributed by atoms with E-state index < -0.39 is 5.97 Å². The second-order valence-corrected chi connectivity index (χ2v) is 4.44. The summed E-state index contributed by atoms with van der Waals surface area (Å²) in [4.78, 5) is 22.8. The lowest BCUT2D eigenvalue weighted by molar-refractivity contribution is 0.0660. The molecule has 0 saturated carbocycles.